The van der Waals surface area contributed by atoms with Crippen LogP contribution in [0.3, 0.4) is 0 Å². The number of hydrogen-bond donors (Lipinski definition) is 2. The minimum Gasteiger partial charge on any atom is -0.508 e. The van der Waals surface area contributed by atoms with Crippen LogP contribution in [0, 0.1) is 0 Å². The number of phenols is 1. The Hall–Kier alpha value is -3.94. The fourth-order valence-corrected chi connectivity index (χ4v) is 4.84. The SMILES string of the molecule is COc1cc(Cl)cc2cc(C(=O)C3=C(O)C(=O)N(CCc4ccc(Cl)cc4)C3c3ccc(O)cc3)oc12. The number of ketones is 1. The van der Waals surface area contributed by atoms with Crippen molar-refractivity contribution in [2.45, 2.75) is 12.5 Å². The minimum atomic E-state index is -0.897. The molecule has 3 aromatic carbocycles. The maximum Gasteiger partial charge on any atom is 0.290 e. The average molecular weight is 538 g/mol. The zero-order valence-corrected chi connectivity index (χ0v) is 21.1. The van der Waals surface area contributed by atoms with Gasteiger partial charge in [0.15, 0.2) is 22.9 Å². The van der Waals surface area contributed by atoms with E-state index < -0.39 is 23.5 Å². The van der Waals surface area contributed by atoms with Crippen LogP contribution in [0.2, 0.25) is 10.0 Å². The lowest BCUT2D eigenvalue weighted by atomic mass is 9.94. The number of rotatable bonds is 7. The Morgan fingerprint density at radius 2 is 1.70 bits per heavy atom. The zero-order chi connectivity index (χ0) is 26.3. The molecule has 0 radical (unpaired) electrons. The Kier molecular flexibility index (Phi) is 6.58. The van der Waals surface area contributed by atoms with E-state index in [2.05, 4.69) is 0 Å². The lowest BCUT2D eigenvalue weighted by molar-refractivity contribution is -0.129. The number of benzene rings is 3. The van der Waals surface area contributed by atoms with Gasteiger partial charge in [0.25, 0.3) is 5.91 Å². The van der Waals surface area contributed by atoms with Gasteiger partial charge in [-0.3, -0.25) is 9.59 Å². The van der Waals surface area contributed by atoms with E-state index in [0.29, 0.717) is 38.7 Å². The minimum absolute atomic E-state index is 0.0307. The Balaban J connectivity index is 1.54. The quantitative estimate of drug-likeness (QED) is 0.269. The van der Waals surface area contributed by atoms with E-state index in [1.165, 1.54) is 30.2 Å². The highest BCUT2D eigenvalue weighted by atomic mass is 35.5. The van der Waals surface area contributed by atoms with Gasteiger partial charge >= 0.3 is 0 Å². The van der Waals surface area contributed by atoms with Crippen molar-refractivity contribution in [3.8, 4) is 11.5 Å². The van der Waals surface area contributed by atoms with E-state index in [4.69, 9.17) is 32.4 Å². The van der Waals surface area contributed by atoms with Crippen LogP contribution in [0.15, 0.2) is 82.5 Å². The van der Waals surface area contributed by atoms with Crippen molar-refractivity contribution >= 4 is 45.9 Å². The summed E-state index contributed by atoms with van der Waals surface area (Å²) in [5.74, 6) is -1.66. The summed E-state index contributed by atoms with van der Waals surface area (Å²) in [4.78, 5) is 28.4. The van der Waals surface area contributed by atoms with Crippen LogP contribution in [-0.4, -0.2) is 40.5 Å². The molecule has 9 heteroatoms. The molecule has 0 fully saturated rings. The second-order valence-corrected chi connectivity index (χ2v) is 9.47. The van der Waals surface area contributed by atoms with E-state index in [1.54, 1.807) is 36.4 Å². The van der Waals surface area contributed by atoms with Crippen LogP contribution >= 0.6 is 23.2 Å². The van der Waals surface area contributed by atoms with Crippen LogP contribution < -0.4 is 4.74 Å². The summed E-state index contributed by atoms with van der Waals surface area (Å²) in [7, 11) is 1.46. The van der Waals surface area contributed by atoms with Crippen molar-refractivity contribution in [2.24, 2.45) is 0 Å². The number of carbonyl (C=O) groups is 2. The molecule has 1 amide bonds. The molecule has 0 saturated carbocycles. The van der Waals surface area contributed by atoms with E-state index in [0.717, 1.165) is 5.56 Å². The number of halogens is 2. The molecule has 1 aliphatic heterocycles. The summed E-state index contributed by atoms with van der Waals surface area (Å²) in [6, 6.07) is 17.2. The van der Waals surface area contributed by atoms with Gasteiger partial charge in [0, 0.05) is 28.0 Å². The van der Waals surface area contributed by atoms with Crippen molar-refractivity contribution in [1.82, 2.24) is 4.90 Å². The van der Waals surface area contributed by atoms with Crippen LogP contribution in [0.5, 0.6) is 11.5 Å². The van der Waals surface area contributed by atoms with E-state index >= 15 is 0 Å². The van der Waals surface area contributed by atoms with Crippen molar-refractivity contribution < 1.29 is 29.0 Å². The summed E-state index contributed by atoms with van der Waals surface area (Å²) in [5.41, 5.74) is 1.69. The molecule has 5 rings (SSSR count). The molecule has 188 valence electrons. The second-order valence-electron chi connectivity index (χ2n) is 8.60. The first-order valence-electron chi connectivity index (χ1n) is 11.4. The molecular weight excluding hydrogens is 517 g/mol. The summed E-state index contributed by atoms with van der Waals surface area (Å²) < 4.78 is 11.1. The van der Waals surface area contributed by atoms with Gasteiger partial charge in [-0.15, -0.1) is 0 Å². The number of amides is 1. The van der Waals surface area contributed by atoms with E-state index in [9.17, 15) is 19.8 Å². The predicted molar refractivity (Wildman–Crippen MR) is 139 cm³/mol. The third kappa shape index (κ3) is 4.63. The molecule has 2 N–H and O–H groups in total. The number of aliphatic hydroxyl groups excluding tert-OH is 1. The molecule has 1 unspecified atom stereocenters. The molecule has 1 atom stereocenters. The number of Topliss-reactive ketones (excluding diaryl/α,β-unsaturated/α-hetero) is 1. The number of fused-ring (bicyclic) bond motifs is 1. The first-order valence-corrected chi connectivity index (χ1v) is 12.1. The number of ether oxygens (including phenoxy) is 1. The number of aliphatic hydroxyl groups is 1. The van der Waals surface area contributed by atoms with Gasteiger partial charge in [-0.05, 0) is 53.9 Å². The summed E-state index contributed by atoms with van der Waals surface area (Å²) in [6.45, 7) is 0.219. The number of methoxy groups -OCH3 is 1. The lowest BCUT2D eigenvalue weighted by Gasteiger charge is -2.26. The summed E-state index contributed by atoms with van der Waals surface area (Å²) >= 11 is 12.1. The predicted octanol–water partition coefficient (Wildman–Crippen LogP) is 6.27. The zero-order valence-electron chi connectivity index (χ0n) is 19.6. The number of aromatic hydroxyl groups is 1. The van der Waals surface area contributed by atoms with Crippen molar-refractivity contribution in [3.63, 3.8) is 0 Å². The normalized spacial score (nSPS) is 15.6. The van der Waals surface area contributed by atoms with E-state index in [1.807, 2.05) is 12.1 Å². The molecule has 0 spiro atoms. The Morgan fingerprint density at radius 3 is 2.38 bits per heavy atom. The van der Waals surface area contributed by atoms with E-state index in [-0.39, 0.29) is 23.6 Å². The molecule has 0 saturated heterocycles. The van der Waals surface area contributed by atoms with Crippen molar-refractivity contribution in [3.05, 3.63) is 105 Å². The van der Waals surface area contributed by atoms with Gasteiger partial charge < -0.3 is 24.3 Å². The largest absolute Gasteiger partial charge is 0.508 e. The molecule has 0 aliphatic carbocycles. The topological polar surface area (TPSA) is 100 Å². The van der Waals surface area contributed by atoms with Gasteiger partial charge in [0.1, 0.15) is 5.75 Å². The van der Waals surface area contributed by atoms with Gasteiger partial charge in [0.05, 0.1) is 18.7 Å². The lowest BCUT2D eigenvalue weighted by Crippen LogP contribution is -2.33. The smallest absolute Gasteiger partial charge is 0.290 e. The van der Waals surface area contributed by atoms with Gasteiger partial charge in [0.2, 0.25) is 5.78 Å². The standard InChI is InChI=1S/C28H21Cl2NO6/c1-36-22-14-19(30)12-17-13-21(37-27(17)22)25(33)23-24(16-4-8-20(32)9-5-16)31(28(35)26(23)34)11-10-15-2-6-18(29)7-3-15/h2-9,12-14,24,32,34H,10-11H2,1H3. The van der Waals surface area contributed by atoms with Crippen LogP contribution in [0.1, 0.15) is 27.7 Å². The maximum atomic E-state index is 13.7. The monoisotopic (exact) mass is 537 g/mol. The van der Waals surface area contributed by atoms with Gasteiger partial charge in [-0.25, -0.2) is 0 Å². The van der Waals surface area contributed by atoms with Crippen LogP contribution in [0.25, 0.3) is 11.0 Å². The molecule has 1 aromatic heterocycles. The van der Waals surface area contributed by atoms with Crippen molar-refractivity contribution in [1.29, 1.82) is 0 Å². The maximum absolute atomic E-state index is 13.7. The fourth-order valence-electron chi connectivity index (χ4n) is 4.50. The Labute approximate surface area is 222 Å². The highest BCUT2D eigenvalue weighted by Crippen LogP contribution is 2.41. The fraction of sp³-hybridized carbons (Fsp3) is 0.143. The molecule has 37 heavy (non-hydrogen) atoms. The average Bonchev–Trinajstić information content (AvgIpc) is 3.42. The number of hydrogen-bond acceptors (Lipinski definition) is 6. The summed E-state index contributed by atoms with van der Waals surface area (Å²) in [6.07, 6.45) is 0.465. The molecule has 4 aromatic rings. The molecular formula is C28H21Cl2NO6. The molecule has 0 bridgehead atoms. The third-order valence-corrected chi connectivity index (χ3v) is 6.77. The molecule has 7 nitrogen and oxygen atoms in total. The first-order chi connectivity index (χ1) is 17.8. The van der Waals surface area contributed by atoms with Crippen molar-refractivity contribution in [2.75, 3.05) is 13.7 Å². The molecule has 1 aliphatic rings. The summed E-state index contributed by atoms with van der Waals surface area (Å²) in [5, 5.41) is 22.2. The van der Waals surface area contributed by atoms with Gasteiger partial charge in [-0.1, -0.05) is 47.5 Å². The number of nitrogens with zero attached hydrogens (tertiary/aromatic N) is 1. The Morgan fingerprint density at radius 1 is 1.00 bits per heavy atom. The van der Waals surface area contributed by atoms with Crippen LogP contribution in [-0.2, 0) is 11.2 Å². The molecule has 2 heterocycles. The van der Waals surface area contributed by atoms with Crippen LogP contribution in [0.4, 0.5) is 0 Å². The first kappa shape index (κ1) is 24.7. The highest BCUT2D eigenvalue weighted by molar-refractivity contribution is 6.31. The number of furan rings is 1. The number of phenolic OH excluding ortho intramolecular Hbond substituents is 1. The Bertz CT molecular complexity index is 1540. The van der Waals surface area contributed by atoms with Gasteiger partial charge in [-0.2, -0.15) is 0 Å². The highest BCUT2D eigenvalue weighted by Gasteiger charge is 2.44. The number of carbonyl (C=O) groups excluding carboxylic acids is 2. The third-order valence-electron chi connectivity index (χ3n) is 6.30. The second kappa shape index (κ2) is 9.84.